The van der Waals surface area contributed by atoms with Gasteiger partial charge >= 0.3 is 0 Å². The first-order valence-corrected chi connectivity index (χ1v) is 8.90. The lowest BCUT2D eigenvalue weighted by Crippen LogP contribution is -2.21. The fourth-order valence-corrected chi connectivity index (χ4v) is 2.61. The molecular weight excluding hydrogens is 358 g/mol. The molecule has 0 radical (unpaired) electrons. The predicted molar refractivity (Wildman–Crippen MR) is 106 cm³/mol. The highest BCUT2D eigenvalue weighted by Gasteiger charge is 2.19. The van der Waals surface area contributed by atoms with Gasteiger partial charge in [0.25, 0.3) is 5.91 Å². The van der Waals surface area contributed by atoms with Crippen LogP contribution in [0.25, 0.3) is 11.4 Å². The van der Waals surface area contributed by atoms with Gasteiger partial charge < -0.3 is 14.8 Å². The molecular formula is C20H23N5O3. The summed E-state index contributed by atoms with van der Waals surface area (Å²) in [4.78, 5) is 21.2. The first kappa shape index (κ1) is 19.3. The lowest BCUT2D eigenvalue weighted by Gasteiger charge is -2.11. The largest absolute Gasteiger partial charge is 0.493 e. The Hall–Kier alpha value is -3.42. The number of nitrogens with zero attached hydrogens (tertiary/aromatic N) is 4. The maximum absolute atomic E-state index is 12.6. The number of hydrogen-bond acceptors (Lipinski definition) is 7. The molecule has 8 heteroatoms. The van der Waals surface area contributed by atoms with E-state index < -0.39 is 0 Å². The van der Waals surface area contributed by atoms with E-state index in [1.165, 1.54) is 4.68 Å². The molecule has 0 saturated heterocycles. The number of carbonyl (C=O) groups excluding carboxylic acids is 1. The molecule has 3 rings (SSSR count). The van der Waals surface area contributed by atoms with Crippen molar-refractivity contribution in [3.05, 3.63) is 48.3 Å². The quantitative estimate of drug-likeness (QED) is 0.671. The van der Waals surface area contributed by atoms with E-state index in [4.69, 9.17) is 9.47 Å². The second kappa shape index (κ2) is 8.51. The summed E-state index contributed by atoms with van der Waals surface area (Å²) in [6.45, 7) is 4.09. The predicted octanol–water partition coefficient (Wildman–Crippen LogP) is 3.27. The monoisotopic (exact) mass is 381 g/mol. The minimum atomic E-state index is -0.218. The van der Waals surface area contributed by atoms with Gasteiger partial charge in [0, 0.05) is 30.4 Å². The number of nitrogens with one attached hydrogen (secondary N) is 1. The number of benzene rings is 1. The molecule has 0 atom stereocenters. The van der Waals surface area contributed by atoms with Gasteiger partial charge in [-0.05, 0) is 29.8 Å². The summed E-state index contributed by atoms with van der Waals surface area (Å²) < 4.78 is 11.9. The van der Waals surface area contributed by atoms with Crippen LogP contribution in [0.15, 0.2) is 42.7 Å². The van der Waals surface area contributed by atoms with Crippen LogP contribution in [0.3, 0.4) is 0 Å². The number of pyridine rings is 1. The fraction of sp³-hybridized carbons (Fsp3) is 0.300. The van der Waals surface area contributed by atoms with E-state index in [1.807, 2.05) is 38.1 Å². The van der Waals surface area contributed by atoms with Crippen LogP contribution in [0.1, 0.15) is 24.2 Å². The average Bonchev–Trinajstić information content (AvgIpc) is 3.16. The Morgan fingerprint density at radius 2 is 1.96 bits per heavy atom. The lowest BCUT2D eigenvalue weighted by atomic mass is 10.2. The molecule has 2 aromatic heterocycles. The average molecular weight is 381 g/mol. The minimum Gasteiger partial charge on any atom is -0.493 e. The third kappa shape index (κ3) is 4.11. The van der Waals surface area contributed by atoms with Crippen LogP contribution >= 0.6 is 0 Å². The highest BCUT2D eigenvalue weighted by atomic mass is 16.5. The number of hydrogen-bond donors (Lipinski definition) is 1. The summed E-state index contributed by atoms with van der Waals surface area (Å²) in [6.07, 6.45) is 3.34. The van der Waals surface area contributed by atoms with Gasteiger partial charge in [-0.3, -0.25) is 9.78 Å². The van der Waals surface area contributed by atoms with E-state index in [0.29, 0.717) is 29.8 Å². The molecule has 1 N–H and O–H groups in total. The second-order valence-electron chi connectivity index (χ2n) is 6.45. The maximum atomic E-state index is 12.6. The van der Waals surface area contributed by atoms with Gasteiger partial charge in [0.1, 0.15) is 0 Å². The van der Waals surface area contributed by atoms with Crippen LogP contribution in [0, 0.1) is 5.92 Å². The molecule has 8 nitrogen and oxygen atoms in total. The van der Waals surface area contributed by atoms with E-state index in [9.17, 15) is 4.79 Å². The zero-order chi connectivity index (χ0) is 20.1. The van der Waals surface area contributed by atoms with Crippen molar-refractivity contribution >= 4 is 11.9 Å². The number of rotatable bonds is 7. The summed E-state index contributed by atoms with van der Waals surface area (Å²) in [5.41, 5.74) is 1.69. The van der Waals surface area contributed by atoms with Crippen LogP contribution < -0.4 is 14.8 Å². The molecule has 3 aromatic rings. The maximum Gasteiger partial charge on any atom is 0.252 e. The molecule has 1 aromatic carbocycles. The standard InChI is InChI=1S/C20H23N5O3/c1-13(2)19(26)25-20(23-18(24-25)15-6-5-9-21-12-15)22-11-14-7-8-16(27-3)17(10-14)28-4/h5-10,12-13H,11H2,1-4H3,(H,22,23,24). The summed E-state index contributed by atoms with van der Waals surface area (Å²) >= 11 is 0. The molecule has 0 saturated carbocycles. The van der Waals surface area contributed by atoms with E-state index in [1.54, 1.807) is 32.7 Å². The third-order valence-electron chi connectivity index (χ3n) is 4.13. The molecule has 0 aliphatic rings. The molecule has 0 bridgehead atoms. The smallest absolute Gasteiger partial charge is 0.252 e. The van der Waals surface area contributed by atoms with Gasteiger partial charge in [0.2, 0.25) is 5.95 Å². The normalized spacial score (nSPS) is 10.8. The highest BCUT2D eigenvalue weighted by molar-refractivity contribution is 5.83. The van der Waals surface area contributed by atoms with E-state index in [0.717, 1.165) is 11.1 Å². The number of aromatic nitrogens is 4. The number of carbonyl (C=O) groups is 1. The third-order valence-corrected chi connectivity index (χ3v) is 4.13. The highest BCUT2D eigenvalue weighted by Crippen LogP contribution is 2.28. The van der Waals surface area contributed by atoms with Crippen molar-refractivity contribution in [2.24, 2.45) is 5.92 Å². The topological polar surface area (TPSA) is 91.2 Å². The molecule has 0 fully saturated rings. The van der Waals surface area contributed by atoms with Crippen molar-refractivity contribution in [1.29, 1.82) is 0 Å². The molecule has 0 aliphatic heterocycles. The molecule has 2 heterocycles. The van der Waals surface area contributed by atoms with Crippen molar-refractivity contribution in [2.75, 3.05) is 19.5 Å². The summed E-state index contributed by atoms with van der Waals surface area (Å²) in [6, 6.07) is 9.28. The summed E-state index contributed by atoms with van der Waals surface area (Å²) in [5, 5.41) is 7.58. The van der Waals surface area contributed by atoms with Crippen molar-refractivity contribution in [3.8, 4) is 22.9 Å². The Kier molecular flexibility index (Phi) is 5.88. The lowest BCUT2D eigenvalue weighted by molar-refractivity contribution is 0.0841. The van der Waals surface area contributed by atoms with Gasteiger partial charge in [0.15, 0.2) is 17.3 Å². The van der Waals surface area contributed by atoms with Crippen LogP contribution in [0.4, 0.5) is 5.95 Å². The summed E-state index contributed by atoms with van der Waals surface area (Å²) in [7, 11) is 3.18. The molecule has 0 aliphatic carbocycles. The van der Waals surface area contributed by atoms with Crippen molar-refractivity contribution < 1.29 is 14.3 Å². The SMILES string of the molecule is COc1ccc(CNc2nc(-c3cccnc3)nn2C(=O)C(C)C)cc1OC. The molecule has 0 unspecified atom stereocenters. The van der Waals surface area contributed by atoms with Crippen LogP contribution in [0.5, 0.6) is 11.5 Å². The fourth-order valence-electron chi connectivity index (χ4n) is 2.61. The van der Waals surface area contributed by atoms with E-state index in [-0.39, 0.29) is 11.8 Å². The van der Waals surface area contributed by atoms with E-state index >= 15 is 0 Å². The minimum absolute atomic E-state index is 0.141. The molecule has 0 amide bonds. The zero-order valence-corrected chi connectivity index (χ0v) is 16.3. The number of ether oxygens (including phenoxy) is 2. The van der Waals surface area contributed by atoms with Crippen molar-refractivity contribution in [3.63, 3.8) is 0 Å². The van der Waals surface area contributed by atoms with Gasteiger partial charge in [-0.2, -0.15) is 9.67 Å². The number of methoxy groups -OCH3 is 2. The van der Waals surface area contributed by atoms with Crippen molar-refractivity contribution in [1.82, 2.24) is 19.7 Å². The molecule has 146 valence electrons. The van der Waals surface area contributed by atoms with E-state index in [2.05, 4.69) is 20.4 Å². The van der Waals surface area contributed by atoms with Crippen molar-refractivity contribution in [2.45, 2.75) is 20.4 Å². The van der Waals surface area contributed by atoms with Gasteiger partial charge in [-0.25, -0.2) is 0 Å². The van der Waals surface area contributed by atoms with Crippen LogP contribution in [0.2, 0.25) is 0 Å². The Balaban J connectivity index is 1.88. The molecule has 0 spiro atoms. The Morgan fingerprint density at radius 1 is 1.18 bits per heavy atom. The van der Waals surface area contributed by atoms with Crippen LogP contribution in [-0.2, 0) is 6.54 Å². The second-order valence-corrected chi connectivity index (χ2v) is 6.45. The number of anilines is 1. The first-order chi connectivity index (χ1) is 13.5. The summed E-state index contributed by atoms with van der Waals surface area (Å²) in [5.74, 6) is 1.76. The Labute approximate surface area is 163 Å². The Morgan fingerprint density at radius 3 is 2.61 bits per heavy atom. The van der Waals surface area contributed by atoms with Gasteiger partial charge in [-0.15, -0.1) is 5.10 Å². The van der Waals surface area contributed by atoms with Gasteiger partial charge in [-0.1, -0.05) is 19.9 Å². The van der Waals surface area contributed by atoms with Crippen LogP contribution in [-0.4, -0.2) is 39.9 Å². The molecule has 28 heavy (non-hydrogen) atoms. The van der Waals surface area contributed by atoms with Gasteiger partial charge in [0.05, 0.1) is 14.2 Å². The Bertz CT molecular complexity index is 954. The first-order valence-electron chi connectivity index (χ1n) is 8.90. The zero-order valence-electron chi connectivity index (χ0n) is 16.3.